The number of aliphatic hydroxyl groups excluding tert-OH is 1. The average molecular weight is 883 g/mol. The van der Waals surface area contributed by atoms with Crippen molar-refractivity contribution in [2.75, 3.05) is 5.75 Å². The molecule has 1 aromatic heterocycles. The summed E-state index contributed by atoms with van der Waals surface area (Å²) in [6, 6.07) is 45.0. The number of tetrazole rings is 1. The van der Waals surface area contributed by atoms with Crippen molar-refractivity contribution in [3.8, 4) is 22.6 Å². The number of rotatable bonds is 16. The molecule has 1 aliphatic heterocycles. The second-order valence-corrected chi connectivity index (χ2v) is 18.0. The van der Waals surface area contributed by atoms with Gasteiger partial charge in [0, 0.05) is 24.3 Å². The summed E-state index contributed by atoms with van der Waals surface area (Å²) in [5.74, 6) is 0.250. The highest BCUT2D eigenvalue weighted by Gasteiger charge is 2.33. The number of thioether (sulfide) groups is 1. The molecule has 1 saturated heterocycles. The fraction of sp³-hybridized carbons (Fsp3) is 0.208. The highest BCUT2D eigenvalue weighted by Crippen LogP contribution is 2.40. The molecule has 0 saturated carbocycles. The number of aliphatic hydroxyl groups is 1. The molecule has 0 aliphatic carbocycles. The van der Waals surface area contributed by atoms with Crippen molar-refractivity contribution in [3.63, 3.8) is 0 Å². The summed E-state index contributed by atoms with van der Waals surface area (Å²) in [7, 11) is -3.98. The molecule has 13 nitrogen and oxygen atoms in total. The van der Waals surface area contributed by atoms with E-state index in [1.807, 2.05) is 110 Å². The van der Waals surface area contributed by atoms with E-state index in [0.717, 1.165) is 50.2 Å². The summed E-state index contributed by atoms with van der Waals surface area (Å²) in [5, 5.41) is 35.2. The number of aromatic nitrogens is 4. The Morgan fingerprint density at radius 1 is 0.810 bits per heavy atom. The summed E-state index contributed by atoms with van der Waals surface area (Å²) >= 11 is 1.46. The van der Waals surface area contributed by atoms with Gasteiger partial charge in [-0.3, -0.25) is 4.79 Å². The number of phenols is 1. The molecule has 0 radical (unpaired) electrons. The first-order valence-corrected chi connectivity index (χ1v) is 22.9. The second kappa shape index (κ2) is 19.9. The predicted molar refractivity (Wildman–Crippen MR) is 239 cm³/mol. The Labute approximate surface area is 370 Å². The zero-order valence-corrected chi connectivity index (χ0v) is 36.0. The van der Waals surface area contributed by atoms with E-state index in [9.17, 15) is 23.4 Å². The maximum Gasteiger partial charge on any atom is 0.241 e. The van der Waals surface area contributed by atoms with E-state index >= 15 is 0 Å². The second-order valence-electron chi connectivity index (χ2n) is 15.3. The lowest BCUT2D eigenvalue weighted by atomic mass is 9.99. The van der Waals surface area contributed by atoms with Crippen LogP contribution in [0.15, 0.2) is 162 Å². The molecule has 15 heteroatoms. The van der Waals surface area contributed by atoms with Gasteiger partial charge in [0.05, 0.1) is 29.4 Å². The Morgan fingerprint density at radius 2 is 1.52 bits per heavy atom. The third-order valence-electron chi connectivity index (χ3n) is 10.7. The summed E-state index contributed by atoms with van der Waals surface area (Å²) in [6.07, 6.45) is -0.445. The van der Waals surface area contributed by atoms with Gasteiger partial charge in [-0.2, -0.15) is 9.40 Å². The van der Waals surface area contributed by atoms with Gasteiger partial charge in [-0.25, -0.2) is 8.42 Å². The third kappa shape index (κ3) is 11.1. The Morgan fingerprint density at radius 3 is 2.25 bits per heavy atom. The number of hydrogen-bond donors (Lipinski definition) is 4. The SMILES string of the molecule is Cc1ccc(S(=O)(=O)NC(Cc2ccccc2)C(=O)NCc2cccc(-c3ccc(C4OC(CSc5nnnn5-c5ccc(O)cc5)CC(c5ccc(CO)cc5)O4)cc3)c2)cc1. The first-order valence-electron chi connectivity index (χ1n) is 20.4. The first kappa shape index (κ1) is 43.4. The zero-order chi connectivity index (χ0) is 43.8. The van der Waals surface area contributed by atoms with E-state index in [4.69, 9.17) is 9.47 Å². The number of amides is 1. The van der Waals surface area contributed by atoms with E-state index in [-0.39, 0.29) is 42.4 Å². The van der Waals surface area contributed by atoms with Crippen LogP contribution in [0.3, 0.4) is 0 Å². The molecule has 4 N–H and O–H groups in total. The lowest BCUT2D eigenvalue weighted by Gasteiger charge is -2.36. The van der Waals surface area contributed by atoms with E-state index in [2.05, 4.69) is 25.6 Å². The molecule has 8 rings (SSSR count). The zero-order valence-electron chi connectivity index (χ0n) is 34.3. The molecule has 322 valence electrons. The lowest BCUT2D eigenvalue weighted by molar-refractivity contribution is -0.245. The quantitative estimate of drug-likeness (QED) is 0.0713. The topological polar surface area (TPSA) is 178 Å². The van der Waals surface area contributed by atoms with Crippen LogP contribution in [0.4, 0.5) is 0 Å². The van der Waals surface area contributed by atoms with Crippen LogP contribution >= 0.6 is 11.8 Å². The van der Waals surface area contributed by atoms with Gasteiger partial charge in [-0.15, -0.1) is 5.10 Å². The van der Waals surface area contributed by atoms with Gasteiger partial charge in [0.25, 0.3) is 0 Å². The largest absolute Gasteiger partial charge is 0.508 e. The van der Waals surface area contributed by atoms with Gasteiger partial charge < -0.3 is 25.0 Å². The fourth-order valence-electron chi connectivity index (χ4n) is 7.23. The summed E-state index contributed by atoms with van der Waals surface area (Å²) < 4.78 is 44.2. The van der Waals surface area contributed by atoms with Crippen molar-refractivity contribution >= 4 is 27.7 Å². The van der Waals surface area contributed by atoms with Crippen LogP contribution in [0.5, 0.6) is 5.75 Å². The highest BCUT2D eigenvalue weighted by atomic mass is 32.2. The van der Waals surface area contributed by atoms with Gasteiger partial charge >= 0.3 is 0 Å². The summed E-state index contributed by atoms with van der Waals surface area (Å²) in [6.45, 7) is 2.02. The number of sulfonamides is 1. The van der Waals surface area contributed by atoms with Crippen LogP contribution < -0.4 is 10.0 Å². The molecule has 4 atom stereocenters. The minimum absolute atomic E-state index is 0.0510. The molecular formula is C48H46N6O7S2. The highest BCUT2D eigenvalue weighted by molar-refractivity contribution is 7.99. The molecule has 1 fully saturated rings. The molecule has 1 amide bonds. The van der Waals surface area contributed by atoms with E-state index in [1.54, 1.807) is 41.1 Å². The van der Waals surface area contributed by atoms with Crippen LogP contribution in [0.25, 0.3) is 16.8 Å². The van der Waals surface area contributed by atoms with E-state index < -0.39 is 28.3 Å². The van der Waals surface area contributed by atoms with Crippen LogP contribution in [-0.2, 0) is 43.9 Å². The number of phenolic OH excluding ortho intramolecular Hbond substituents is 1. The van der Waals surface area contributed by atoms with E-state index in [1.165, 1.54) is 23.9 Å². The number of benzene rings is 6. The van der Waals surface area contributed by atoms with Crippen molar-refractivity contribution in [2.24, 2.45) is 0 Å². The molecule has 4 unspecified atom stereocenters. The Kier molecular flexibility index (Phi) is 13.7. The molecule has 6 aromatic carbocycles. The molecule has 63 heavy (non-hydrogen) atoms. The number of ether oxygens (including phenoxy) is 2. The Bertz CT molecular complexity index is 2720. The normalized spacial score (nSPS) is 17.0. The third-order valence-corrected chi connectivity index (χ3v) is 13.2. The first-order chi connectivity index (χ1) is 30.6. The Hall–Kier alpha value is -6.20. The predicted octanol–water partition coefficient (Wildman–Crippen LogP) is 7.38. The summed E-state index contributed by atoms with van der Waals surface area (Å²) in [5.41, 5.74) is 7.81. The maximum atomic E-state index is 13.7. The molecule has 1 aliphatic rings. The van der Waals surface area contributed by atoms with Crippen LogP contribution in [0.1, 0.15) is 52.2 Å². The number of nitrogens with one attached hydrogen (secondary N) is 2. The number of carbonyl (C=O) groups is 1. The molecule has 0 bridgehead atoms. The summed E-state index contributed by atoms with van der Waals surface area (Å²) in [4.78, 5) is 13.8. The van der Waals surface area contributed by atoms with Crippen molar-refractivity contribution in [3.05, 3.63) is 185 Å². The van der Waals surface area contributed by atoms with Gasteiger partial charge in [0.2, 0.25) is 21.1 Å². The number of carbonyl (C=O) groups excluding carboxylic acids is 1. The van der Waals surface area contributed by atoms with Gasteiger partial charge in [-0.1, -0.05) is 127 Å². The van der Waals surface area contributed by atoms with Crippen molar-refractivity contribution < 1.29 is 32.9 Å². The Balaban J connectivity index is 0.952. The number of aryl methyl sites for hydroxylation is 1. The lowest BCUT2D eigenvalue weighted by Crippen LogP contribution is -2.47. The van der Waals surface area contributed by atoms with Gasteiger partial charge in [0.1, 0.15) is 11.8 Å². The fourth-order valence-corrected chi connectivity index (χ4v) is 9.33. The van der Waals surface area contributed by atoms with E-state index in [0.29, 0.717) is 17.3 Å². The van der Waals surface area contributed by atoms with Gasteiger partial charge in [0.15, 0.2) is 6.29 Å². The number of nitrogens with zero attached hydrogens (tertiary/aromatic N) is 4. The molecule has 7 aromatic rings. The maximum absolute atomic E-state index is 13.7. The number of hydrogen-bond acceptors (Lipinski definition) is 11. The minimum Gasteiger partial charge on any atom is -0.508 e. The number of aromatic hydroxyl groups is 1. The van der Waals surface area contributed by atoms with Crippen molar-refractivity contribution in [1.29, 1.82) is 0 Å². The smallest absolute Gasteiger partial charge is 0.241 e. The minimum atomic E-state index is -3.98. The van der Waals surface area contributed by atoms with Crippen LogP contribution in [-0.4, -0.2) is 62.6 Å². The van der Waals surface area contributed by atoms with Gasteiger partial charge in [-0.05, 0) is 99.6 Å². The van der Waals surface area contributed by atoms with Crippen LogP contribution in [0.2, 0.25) is 0 Å². The average Bonchev–Trinajstić information content (AvgIpc) is 3.79. The van der Waals surface area contributed by atoms with Crippen LogP contribution in [0, 0.1) is 6.92 Å². The van der Waals surface area contributed by atoms with Crippen molar-refractivity contribution in [1.82, 2.24) is 30.2 Å². The van der Waals surface area contributed by atoms with Crippen molar-refractivity contribution in [2.45, 2.75) is 67.5 Å². The monoisotopic (exact) mass is 882 g/mol. The molecule has 2 heterocycles. The molecule has 0 spiro atoms. The standard InChI is InChI=1S/C48H46N6O7S2/c1-32-10-24-43(25-11-32)63(58,59)51-44(27-33-6-3-2-4-7-33)46(57)49-29-35-8-5-9-39(26-35)36-16-18-38(19-17-36)47-60-42(28-45(61-47)37-14-12-34(30-55)13-15-37)31-62-48-50-52-53-54(48)40-20-22-41(56)23-21-40/h2-26,42,44-45,47,51,55-56H,27-31H2,1H3,(H,49,57). The molecular weight excluding hydrogens is 837 g/mol.